The van der Waals surface area contributed by atoms with E-state index >= 15 is 0 Å². The van der Waals surface area contributed by atoms with Crippen LogP contribution >= 0.6 is 0 Å². The van der Waals surface area contributed by atoms with E-state index in [1.165, 1.54) is 12.1 Å². The molecule has 2 atom stereocenters. The number of nitrogens with one attached hydrogen (secondary N) is 1. The molecule has 7 heteroatoms. The molecule has 1 heterocycles. The van der Waals surface area contributed by atoms with E-state index in [0.29, 0.717) is 44.1 Å². The lowest BCUT2D eigenvalue weighted by Gasteiger charge is -2.28. The molecule has 0 saturated heterocycles. The molecule has 2 N–H and O–H groups in total. The van der Waals surface area contributed by atoms with Crippen LogP contribution in [0.3, 0.4) is 0 Å². The Labute approximate surface area is 210 Å². The summed E-state index contributed by atoms with van der Waals surface area (Å²) >= 11 is 0. The van der Waals surface area contributed by atoms with Crippen molar-refractivity contribution in [2.75, 3.05) is 19.8 Å². The molecule has 0 fully saturated rings. The van der Waals surface area contributed by atoms with Gasteiger partial charge in [-0.1, -0.05) is 42.5 Å². The molecule has 0 saturated carbocycles. The molecule has 188 valence electrons. The largest absolute Gasteiger partial charge is 0.494 e. The number of aliphatic imine (C=N–C) groups is 1. The highest BCUT2D eigenvalue weighted by atomic mass is 19.1. The third-order valence-electron chi connectivity index (χ3n) is 6.26. The number of nitrogens with zero attached hydrogens (tertiary/aromatic N) is 1. The summed E-state index contributed by atoms with van der Waals surface area (Å²) in [6.07, 6.45) is 1.05. The number of carbonyl (C=O) groups is 1. The van der Waals surface area contributed by atoms with Gasteiger partial charge in [0.25, 0.3) is 5.91 Å². The molecule has 4 rings (SSSR count). The van der Waals surface area contributed by atoms with Gasteiger partial charge in [-0.15, -0.1) is 0 Å². The Balaban J connectivity index is 1.53. The van der Waals surface area contributed by atoms with Gasteiger partial charge < -0.3 is 19.9 Å². The molecule has 3 aromatic rings. The van der Waals surface area contributed by atoms with Gasteiger partial charge in [0.15, 0.2) is 5.54 Å². The molecule has 0 unspecified atom stereocenters. The summed E-state index contributed by atoms with van der Waals surface area (Å²) in [5.41, 5.74) is 1.55. The Kier molecular flexibility index (Phi) is 8.33. The lowest BCUT2D eigenvalue weighted by molar-refractivity contribution is -0.128. The van der Waals surface area contributed by atoms with E-state index in [9.17, 15) is 9.18 Å². The molecular formula is C29H31FN2O4. The fourth-order valence-corrected chi connectivity index (χ4v) is 4.17. The molecule has 0 radical (unpaired) electrons. The van der Waals surface area contributed by atoms with E-state index in [1.54, 1.807) is 12.1 Å². The maximum absolute atomic E-state index is 13.6. The summed E-state index contributed by atoms with van der Waals surface area (Å²) in [6.45, 7) is 2.78. The smallest absolute Gasteiger partial charge is 0.252 e. The van der Waals surface area contributed by atoms with E-state index in [2.05, 4.69) is 5.32 Å². The monoisotopic (exact) mass is 490 g/mol. The minimum absolute atomic E-state index is 0.0794. The van der Waals surface area contributed by atoms with E-state index < -0.39 is 11.6 Å². The van der Waals surface area contributed by atoms with Gasteiger partial charge in [0.2, 0.25) is 5.90 Å². The summed E-state index contributed by atoms with van der Waals surface area (Å²) in [6, 6.07) is 23.4. The van der Waals surface area contributed by atoms with Crippen LogP contribution in [0.15, 0.2) is 83.9 Å². The van der Waals surface area contributed by atoms with Crippen LogP contribution in [0, 0.1) is 5.82 Å². The molecule has 1 aliphatic rings. The molecule has 0 bridgehead atoms. The standard InChI is InChI=1S/C29H31FN2O4/c1-21-29(20-23-6-3-2-4-7-23,28(34)31-17-16-22-8-12-25(30)13-9-22)32-27(36-21)24-10-14-26(15-11-24)35-19-5-18-33/h2-4,6-15,21,33H,5,16-20H2,1H3,(H,31,34)/t21-,29-/m1/s1. The number of rotatable bonds is 11. The third-order valence-corrected chi connectivity index (χ3v) is 6.26. The third kappa shape index (κ3) is 6.10. The first-order chi connectivity index (χ1) is 17.5. The molecular weight excluding hydrogens is 459 g/mol. The van der Waals surface area contributed by atoms with Gasteiger partial charge in [-0.25, -0.2) is 9.38 Å². The van der Waals surface area contributed by atoms with Crippen LogP contribution in [0.25, 0.3) is 0 Å². The average molecular weight is 491 g/mol. The number of carbonyl (C=O) groups excluding carboxylic acids is 1. The first-order valence-electron chi connectivity index (χ1n) is 12.2. The highest BCUT2D eigenvalue weighted by Crippen LogP contribution is 2.33. The maximum atomic E-state index is 13.6. The molecule has 36 heavy (non-hydrogen) atoms. The van der Waals surface area contributed by atoms with Crippen LogP contribution in [-0.4, -0.2) is 48.3 Å². The minimum Gasteiger partial charge on any atom is -0.494 e. The van der Waals surface area contributed by atoms with E-state index in [1.807, 2.05) is 61.5 Å². The summed E-state index contributed by atoms with van der Waals surface area (Å²) < 4.78 is 24.9. The predicted molar refractivity (Wildman–Crippen MR) is 137 cm³/mol. The average Bonchev–Trinajstić information content (AvgIpc) is 3.23. The van der Waals surface area contributed by atoms with E-state index in [-0.39, 0.29) is 18.3 Å². The van der Waals surface area contributed by atoms with Crippen molar-refractivity contribution >= 4 is 11.8 Å². The zero-order chi connectivity index (χ0) is 25.4. The number of ether oxygens (including phenoxy) is 2. The van der Waals surface area contributed by atoms with Crippen LogP contribution in [0.1, 0.15) is 30.0 Å². The molecule has 1 aliphatic heterocycles. The lowest BCUT2D eigenvalue weighted by Crippen LogP contribution is -2.52. The van der Waals surface area contributed by atoms with Crippen molar-refractivity contribution in [2.45, 2.75) is 37.8 Å². The Morgan fingerprint density at radius 3 is 2.47 bits per heavy atom. The summed E-state index contributed by atoms with van der Waals surface area (Å²) in [5.74, 6) is 0.607. The Morgan fingerprint density at radius 2 is 1.78 bits per heavy atom. The second-order valence-electron chi connectivity index (χ2n) is 8.85. The Hall–Kier alpha value is -3.71. The second-order valence-corrected chi connectivity index (χ2v) is 8.85. The van der Waals surface area contributed by atoms with Gasteiger partial charge in [-0.3, -0.25) is 4.79 Å². The van der Waals surface area contributed by atoms with Crippen LogP contribution in [0.2, 0.25) is 0 Å². The number of hydrogen-bond acceptors (Lipinski definition) is 5. The normalized spacial score (nSPS) is 18.9. The minimum atomic E-state index is -1.13. The number of benzene rings is 3. The van der Waals surface area contributed by atoms with Crippen molar-refractivity contribution in [3.63, 3.8) is 0 Å². The van der Waals surface area contributed by atoms with Gasteiger partial charge in [-0.2, -0.15) is 0 Å². The van der Waals surface area contributed by atoms with E-state index in [4.69, 9.17) is 19.6 Å². The van der Waals surface area contributed by atoms with Crippen molar-refractivity contribution in [1.82, 2.24) is 5.32 Å². The molecule has 1 amide bonds. The highest BCUT2D eigenvalue weighted by Gasteiger charge is 2.50. The number of hydrogen-bond donors (Lipinski definition) is 2. The fraction of sp³-hybridized carbons (Fsp3) is 0.310. The summed E-state index contributed by atoms with van der Waals surface area (Å²) in [5, 5.41) is 11.9. The van der Waals surface area contributed by atoms with Crippen molar-refractivity contribution < 1.29 is 23.8 Å². The summed E-state index contributed by atoms with van der Waals surface area (Å²) in [4.78, 5) is 18.5. The first-order valence-corrected chi connectivity index (χ1v) is 12.2. The summed E-state index contributed by atoms with van der Waals surface area (Å²) in [7, 11) is 0. The maximum Gasteiger partial charge on any atom is 0.252 e. The highest BCUT2D eigenvalue weighted by molar-refractivity contribution is 6.00. The van der Waals surface area contributed by atoms with Crippen molar-refractivity contribution in [3.8, 4) is 5.75 Å². The molecule has 3 aromatic carbocycles. The van der Waals surface area contributed by atoms with Crippen LogP contribution in [0.5, 0.6) is 5.75 Å². The molecule has 0 aromatic heterocycles. The van der Waals surface area contributed by atoms with Crippen LogP contribution in [-0.2, 0) is 22.4 Å². The quantitative estimate of drug-likeness (QED) is 0.397. The van der Waals surface area contributed by atoms with Crippen LogP contribution in [0.4, 0.5) is 4.39 Å². The van der Waals surface area contributed by atoms with Gasteiger partial charge in [0.05, 0.1) is 6.61 Å². The van der Waals surface area contributed by atoms with E-state index in [0.717, 1.165) is 16.7 Å². The zero-order valence-corrected chi connectivity index (χ0v) is 20.3. The van der Waals surface area contributed by atoms with Gasteiger partial charge in [0.1, 0.15) is 17.7 Å². The Morgan fingerprint density at radius 1 is 1.06 bits per heavy atom. The first kappa shape index (κ1) is 25.4. The second kappa shape index (κ2) is 11.8. The van der Waals surface area contributed by atoms with Crippen molar-refractivity contribution in [1.29, 1.82) is 0 Å². The number of amides is 1. The number of halogens is 1. The van der Waals surface area contributed by atoms with Crippen molar-refractivity contribution in [2.24, 2.45) is 4.99 Å². The van der Waals surface area contributed by atoms with Crippen molar-refractivity contribution in [3.05, 3.63) is 101 Å². The Bertz CT molecular complexity index is 1170. The number of aliphatic hydroxyl groups excluding tert-OH is 1. The molecule has 0 aliphatic carbocycles. The molecule has 6 nitrogen and oxygen atoms in total. The fourth-order valence-electron chi connectivity index (χ4n) is 4.17. The number of aliphatic hydroxyl groups is 1. The SMILES string of the molecule is C[C@H]1OC(c2ccc(OCCCO)cc2)=N[C@@]1(Cc1ccccc1)C(=O)NCCc1ccc(F)cc1. The lowest BCUT2D eigenvalue weighted by atomic mass is 9.86. The van der Waals surface area contributed by atoms with Gasteiger partial charge in [-0.05, 0) is 60.9 Å². The molecule has 0 spiro atoms. The predicted octanol–water partition coefficient (Wildman–Crippen LogP) is 4.09. The van der Waals surface area contributed by atoms with Gasteiger partial charge in [0, 0.05) is 31.6 Å². The van der Waals surface area contributed by atoms with Gasteiger partial charge >= 0.3 is 0 Å². The zero-order valence-electron chi connectivity index (χ0n) is 20.3. The van der Waals surface area contributed by atoms with Crippen LogP contribution < -0.4 is 10.1 Å². The topological polar surface area (TPSA) is 80.2 Å².